The second-order valence-corrected chi connectivity index (χ2v) is 13.7. The molecule has 4 N–H and O–H groups in total. The van der Waals surface area contributed by atoms with Gasteiger partial charge in [-0.1, -0.05) is 6.07 Å². The minimum absolute atomic E-state index is 0.0256. The first-order valence-corrected chi connectivity index (χ1v) is 15.9. The number of aliphatic hydroxyl groups is 1. The molecule has 4 aromatic rings. The van der Waals surface area contributed by atoms with E-state index in [1.807, 2.05) is 29.2 Å². The number of hydrogen-bond acceptors (Lipinski definition) is 8. The molecule has 46 heavy (non-hydrogen) atoms. The summed E-state index contributed by atoms with van der Waals surface area (Å²) in [5, 5.41) is 22.0. The minimum Gasteiger partial charge on any atom is -0.490 e. The monoisotopic (exact) mass is 628 g/mol. The Balaban J connectivity index is 0.938. The van der Waals surface area contributed by atoms with E-state index in [2.05, 4.69) is 15.5 Å². The van der Waals surface area contributed by atoms with E-state index in [0.717, 1.165) is 62.9 Å². The first kappa shape index (κ1) is 30.2. The highest BCUT2D eigenvalue weighted by atomic mass is 16.5. The standard InChI is InChI=1S/C34H40N6O6/c1-33(2,43)20-45-25-4-6-29-28(17-37-40(29)19-25)32(42)38-23-12-34(13-23)14-26(15-34)46-30-11-21(3-5-27(30)31(35)41)22-16-36-39(18-22)24-7-9-44-10-8-24/h3-6,11,16-19,23-24,26,43H,7-10,12-15,20H2,1-2H3,(H2,35,41)(H,38,42). The fourth-order valence-corrected chi connectivity index (χ4v) is 6.98. The zero-order chi connectivity index (χ0) is 32.1. The molecular formula is C34H40N6O6. The van der Waals surface area contributed by atoms with Gasteiger partial charge in [0.15, 0.2) is 0 Å². The van der Waals surface area contributed by atoms with Crippen LogP contribution < -0.4 is 20.5 Å². The summed E-state index contributed by atoms with van der Waals surface area (Å²) in [7, 11) is 0. The summed E-state index contributed by atoms with van der Waals surface area (Å²) in [6, 6.07) is 9.47. The highest BCUT2D eigenvalue weighted by molar-refractivity contribution is 6.00. The van der Waals surface area contributed by atoms with Crippen molar-refractivity contribution in [1.29, 1.82) is 0 Å². The van der Waals surface area contributed by atoms with Gasteiger partial charge in [0.1, 0.15) is 18.1 Å². The van der Waals surface area contributed by atoms with Gasteiger partial charge in [-0.2, -0.15) is 10.2 Å². The Morgan fingerprint density at radius 2 is 1.83 bits per heavy atom. The molecule has 12 heteroatoms. The Kier molecular flexibility index (Phi) is 7.72. The summed E-state index contributed by atoms with van der Waals surface area (Å²) in [6.07, 6.45) is 12.5. The molecule has 0 unspecified atom stereocenters. The van der Waals surface area contributed by atoms with E-state index in [1.165, 1.54) is 0 Å². The topological polar surface area (TPSA) is 155 Å². The number of amides is 2. The second-order valence-electron chi connectivity index (χ2n) is 13.7. The third kappa shape index (κ3) is 6.19. The number of hydrogen-bond donors (Lipinski definition) is 3. The summed E-state index contributed by atoms with van der Waals surface area (Å²) in [5.74, 6) is 0.374. The van der Waals surface area contributed by atoms with Crippen LogP contribution >= 0.6 is 0 Å². The quantitative estimate of drug-likeness (QED) is 0.239. The first-order valence-electron chi connectivity index (χ1n) is 15.9. The van der Waals surface area contributed by atoms with Crippen LogP contribution in [0.1, 0.15) is 79.1 Å². The van der Waals surface area contributed by atoms with E-state index in [1.54, 1.807) is 49.0 Å². The summed E-state index contributed by atoms with van der Waals surface area (Å²) in [6.45, 7) is 4.98. The van der Waals surface area contributed by atoms with Gasteiger partial charge < -0.3 is 30.4 Å². The molecule has 1 saturated heterocycles. The van der Waals surface area contributed by atoms with Gasteiger partial charge >= 0.3 is 0 Å². The molecular weight excluding hydrogens is 588 g/mol. The molecule has 1 aromatic carbocycles. The Labute approximate surface area is 266 Å². The fourth-order valence-electron chi connectivity index (χ4n) is 6.98. The number of primary amides is 1. The minimum atomic E-state index is -0.953. The lowest BCUT2D eigenvalue weighted by Crippen LogP contribution is -2.58. The Bertz CT molecular complexity index is 1750. The third-order valence-electron chi connectivity index (χ3n) is 9.38. The van der Waals surface area contributed by atoms with E-state index in [-0.39, 0.29) is 30.1 Å². The van der Waals surface area contributed by atoms with Gasteiger partial charge in [-0.3, -0.25) is 14.3 Å². The average Bonchev–Trinajstić information content (AvgIpc) is 3.65. The molecule has 3 aliphatic rings. The number of benzene rings is 1. The number of pyridine rings is 1. The number of aromatic nitrogens is 4. The molecule has 2 saturated carbocycles. The van der Waals surface area contributed by atoms with Crippen LogP contribution in [0.3, 0.4) is 0 Å². The summed E-state index contributed by atoms with van der Waals surface area (Å²) < 4.78 is 21.1. The number of rotatable bonds is 10. The molecule has 0 bridgehead atoms. The predicted octanol–water partition coefficient (Wildman–Crippen LogP) is 3.92. The van der Waals surface area contributed by atoms with Crippen molar-refractivity contribution in [1.82, 2.24) is 24.7 Å². The number of nitrogens with zero attached hydrogens (tertiary/aromatic N) is 4. The number of fused-ring (bicyclic) bond motifs is 1. The summed E-state index contributed by atoms with van der Waals surface area (Å²) in [4.78, 5) is 25.3. The Hall–Kier alpha value is -4.42. The maximum absolute atomic E-state index is 13.1. The molecule has 3 aromatic heterocycles. The van der Waals surface area contributed by atoms with E-state index >= 15 is 0 Å². The van der Waals surface area contributed by atoms with Gasteiger partial charge in [0.05, 0.1) is 53.0 Å². The van der Waals surface area contributed by atoms with Crippen LogP contribution in [0.15, 0.2) is 55.1 Å². The molecule has 7 rings (SSSR count). The summed E-state index contributed by atoms with van der Waals surface area (Å²) >= 11 is 0. The number of carbonyl (C=O) groups is 2. The lowest BCUT2D eigenvalue weighted by Gasteiger charge is -2.57. The Morgan fingerprint density at radius 3 is 2.57 bits per heavy atom. The van der Waals surface area contributed by atoms with Crippen LogP contribution in [0.25, 0.3) is 16.6 Å². The molecule has 242 valence electrons. The van der Waals surface area contributed by atoms with Gasteiger partial charge in [-0.05, 0) is 87.6 Å². The predicted molar refractivity (Wildman–Crippen MR) is 169 cm³/mol. The van der Waals surface area contributed by atoms with Gasteiger partial charge in [0.2, 0.25) is 0 Å². The van der Waals surface area contributed by atoms with Crippen molar-refractivity contribution in [3.8, 4) is 22.6 Å². The van der Waals surface area contributed by atoms with Gasteiger partial charge in [-0.15, -0.1) is 0 Å². The number of carbonyl (C=O) groups excluding carboxylic acids is 2. The number of ether oxygens (including phenoxy) is 3. The van der Waals surface area contributed by atoms with Gasteiger partial charge in [0.25, 0.3) is 11.8 Å². The highest BCUT2D eigenvalue weighted by Crippen LogP contribution is 2.57. The largest absolute Gasteiger partial charge is 0.490 e. The van der Waals surface area contributed by atoms with Crippen LogP contribution in [-0.4, -0.2) is 73.9 Å². The van der Waals surface area contributed by atoms with Crippen molar-refractivity contribution in [2.24, 2.45) is 11.1 Å². The molecule has 2 amide bonds. The van der Waals surface area contributed by atoms with Crippen molar-refractivity contribution >= 4 is 17.3 Å². The van der Waals surface area contributed by atoms with Crippen LogP contribution in [0.4, 0.5) is 0 Å². The van der Waals surface area contributed by atoms with Crippen molar-refractivity contribution in [2.45, 2.75) is 76.2 Å². The lowest BCUT2D eigenvalue weighted by molar-refractivity contribution is -0.0834. The van der Waals surface area contributed by atoms with Crippen LogP contribution in [0.2, 0.25) is 0 Å². The van der Waals surface area contributed by atoms with Crippen molar-refractivity contribution in [3.63, 3.8) is 0 Å². The average molecular weight is 629 g/mol. The van der Waals surface area contributed by atoms with E-state index in [4.69, 9.17) is 19.9 Å². The third-order valence-corrected chi connectivity index (χ3v) is 9.38. The van der Waals surface area contributed by atoms with Gasteiger partial charge in [-0.25, -0.2) is 4.52 Å². The van der Waals surface area contributed by atoms with Crippen LogP contribution in [0.5, 0.6) is 11.5 Å². The molecule has 3 fully saturated rings. The first-order chi connectivity index (χ1) is 22.0. The fraction of sp³-hybridized carbons (Fsp3) is 0.471. The zero-order valence-corrected chi connectivity index (χ0v) is 26.1. The second kappa shape index (κ2) is 11.7. The smallest absolute Gasteiger partial charge is 0.255 e. The van der Waals surface area contributed by atoms with Crippen molar-refractivity contribution in [3.05, 3.63) is 66.2 Å². The maximum Gasteiger partial charge on any atom is 0.255 e. The Morgan fingerprint density at radius 1 is 1.04 bits per heavy atom. The molecule has 12 nitrogen and oxygen atoms in total. The highest BCUT2D eigenvalue weighted by Gasteiger charge is 2.54. The van der Waals surface area contributed by atoms with Gasteiger partial charge in [0, 0.05) is 31.0 Å². The molecule has 1 aliphatic heterocycles. The zero-order valence-electron chi connectivity index (χ0n) is 26.1. The lowest BCUT2D eigenvalue weighted by atomic mass is 9.53. The SMILES string of the molecule is CC(C)(O)COc1ccc2c(C(=O)NC3CC4(C3)CC(Oc3cc(-c5cnn(C6CCOCC6)c5)ccc3C(N)=O)C4)cnn2c1. The van der Waals surface area contributed by atoms with E-state index in [9.17, 15) is 14.7 Å². The van der Waals surface area contributed by atoms with E-state index in [0.29, 0.717) is 34.2 Å². The molecule has 2 aliphatic carbocycles. The van der Waals surface area contributed by atoms with E-state index < -0.39 is 11.5 Å². The van der Waals surface area contributed by atoms with Crippen molar-refractivity contribution < 1.29 is 28.9 Å². The van der Waals surface area contributed by atoms with Crippen LogP contribution in [-0.2, 0) is 4.74 Å². The normalized spacial score (nSPS) is 23.1. The number of nitrogens with one attached hydrogen (secondary N) is 1. The van der Waals surface area contributed by atoms with Crippen LogP contribution in [0, 0.1) is 5.41 Å². The molecule has 4 heterocycles. The molecule has 1 spiro atoms. The molecule has 0 atom stereocenters. The maximum atomic E-state index is 13.1. The number of nitrogens with two attached hydrogens (primary N) is 1. The van der Waals surface area contributed by atoms with Crippen molar-refractivity contribution in [2.75, 3.05) is 19.8 Å². The summed E-state index contributed by atoms with van der Waals surface area (Å²) in [5.41, 5.74) is 8.30. The molecule has 0 radical (unpaired) electrons.